The molecule has 0 spiro atoms. The third kappa shape index (κ3) is 4.56. The standard InChI is InChI=1S/C19H15F3N4O2/c20-14-4-5-15(18(22)17(14)21)25-19(28)12-2-1-3-13(10-12)24-16(27)6-8-26-9-7-23-11-26/h1-5,7,9-11H,6,8H2,(H,24,27)(H,25,28). The van der Waals surface area contributed by atoms with Crippen molar-refractivity contribution in [2.75, 3.05) is 10.6 Å². The predicted molar refractivity (Wildman–Crippen MR) is 96.2 cm³/mol. The Balaban J connectivity index is 1.64. The lowest BCUT2D eigenvalue weighted by Gasteiger charge is -2.10. The number of halogens is 3. The lowest BCUT2D eigenvalue weighted by atomic mass is 10.1. The summed E-state index contributed by atoms with van der Waals surface area (Å²) in [6.45, 7) is 0.446. The molecule has 2 aromatic carbocycles. The van der Waals surface area contributed by atoms with Crippen molar-refractivity contribution in [3.8, 4) is 0 Å². The van der Waals surface area contributed by atoms with Crippen molar-refractivity contribution in [2.24, 2.45) is 0 Å². The number of hydrogen-bond donors (Lipinski definition) is 2. The number of aryl methyl sites for hydroxylation is 1. The van der Waals surface area contributed by atoms with Crippen molar-refractivity contribution in [3.05, 3.63) is 78.1 Å². The molecule has 2 N–H and O–H groups in total. The van der Waals surface area contributed by atoms with E-state index in [1.807, 2.05) is 0 Å². The normalized spacial score (nSPS) is 10.5. The molecule has 0 saturated carbocycles. The Labute approximate surface area is 158 Å². The number of aromatic nitrogens is 2. The summed E-state index contributed by atoms with van der Waals surface area (Å²) in [4.78, 5) is 28.2. The summed E-state index contributed by atoms with van der Waals surface area (Å²) in [5, 5.41) is 4.83. The second kappa shape index (κ2) is 8.38. The van der Waals surface area contributed by atoms with E-state index in [0.717, 1.165) is 6.07 Å². The van der Waals surface area contributed by atoms with Crippen LogP contribution in [0, 0.1) is 17.5 Å². The molecule has 0 aliphatic heterocycles. The van der Waals surface area contributed by atoms with Crippen LogP contribution in [-0.4, -0.2) is 21.4 Å². The molecule has 1 heterocycles. The highest BCUT2D eigenvalue weighted by atomic mass is 19.2. The molecular weight excluding hydrogens is 373 g/mol. The zero-order valence-electron chi connectivity index (χ0n) is 14.5. The topological polar surface area (TPSA) is 76.0 Å². The molecule has 0 saturated heterocycles. The quantitative estimate of drug-likeness (QED) is 0.634. The van der Waals surface area contributed by atoms with Crippen LogP contribution in [0.15, 0.2) is 55.1 Å². The summed E-state index contributed by atoms with van der Waals surface area (Å²) in [7, 11) is 0. The number of imidazole rings is 1. The van der Waals surface area contributed by atoms with Gasteiger partial charge in [0, 0.05) is 36.6 Å². The molecule has 0 unspecified atom stereocenters. The molecule has 2 amide bonds. The fourth-order valence-electron chi connectivity index (χ4n) is 2.43. The summed E-state index contributed by atoms with van der Waals surface area (Å²) in [5.74, 6) is -5.51. The van der Waals surface area contributed by atoms with Crippen LogP contribution in [-0.2, 0) is 11.3 Å². The van der Waals surface area contributed by atoms with Crippen LogP contribution in [0.25, 0.3) is 0 Å². The maximum atomic E-state index is 13.7. The van der Waals surface area contributed by atoms with E-state index in [4.69, 9.17) is 0 Å². The van der Waals surface area contributed by atoms with Crippen molar-refractivity contribution in [1.29, 1.82) is 0 Å². The van der Waals surface area contributed by atoms with E-state index < -0.39 is 29.0 Å². The average Bonchev–Trinajstić information content (AvgIpc) is 3.21. The van der Waals surface area contributed by atoms with Crippen LogP contribution in [0.2, 0.25) is 0 Å². The van der Waals surface area contributed by atoms with Crippen molar-refractivity contribution in [3.63, 3.8) is 0 Å². The van der Waals surface area contributed by atoms with Crippen LogP contribution in [0.1, 0.15) is 16.8 Å². The van der Waals surface area contributed by atoms with Crippen LogP contribution in [0.5, 0.6) is 0 Å². The summed E-state index contributed by atoms with van der Waals surface area (Å²) in [6, 6.07) is 7.58. The van der Waals surface area contributed by atoms with Gasteiger partial charge in [0.25, 0.3) is 5.91 Å². The lowest BCUT2D eigenvalue weighted by molar-refractivity contribution is -0.116. The van der Waals surface area contributed by atoms with Gasteiger partial charge in [0.15, 0.2) is 17.5 Å². The van der Waals surface area contributed by atoms with E-state index in [1.54, 1.807) is 29.4 Å². The zero-order valence-corrected chi connectivity index (χ0v) is 14.5. The van der Waals surface area contributed by atoms with E-state index in [0.29, 0.717) is 18.3 Å². The fourth-order valence-corrected chi connectivity index (χ4v) is 2.43. The number of benzene rings is 2. The largest absolute Gasteiger partial charge is 0.337 e. The van der Waals surface area contributed by atoms with Gasteiger partial charge < -0.3 is 15.2 Å². The van der Waals surface area contributed by atoms with Gasteiger partial charge in [0.2, 0.25) is 5.91 Å². The molecule has 0 bridgehead atoms. The fraction of sp³-hybridized carbons (Fsp3) is 0.105. The third-order valence-corrected chi connectivity index (χ3v) is 3.85. The number of anilines is 2. The average molecular weight is 388 g/mol. The smallest absolute Gasteiger partial charge is 0.255 e. The van der Waals surface area contributed by atoms with Crippen LogP contribution < -0.4 is 10.6 Å². The maximum absolute atomic E-state index is 13.7. The van der Waals surface area contributed by atoms with Crippen molar-refractivity contribution < 1.29 is 22.8 Å². The van der Waals surface area contributed by atoms with Gasteiger partial charge in [0.1, 0.15) is 0 Å². The highest BCUT2D eigenvalue weighted by molar-refractivity contribution is 6.05. The number of hydrogen-bond acceptors (Lipinski definition) is 3. The second-order valence-corrected chi connectivity index (χ2v) is 5.86. The number of carbonyl (C=O) groups excluding carboxylic acids is 2. The Morgan fingerprint density at radius 2 is 1.86 bits per heavy atom. The molecule has 0 fully saturated rings. The van der Waals surface area contributed by atoms with Crippen LogP contribution in [0.3, 0.4) is 0 Å². The number of carbonyl (C=O) groups is 2. The molecule has 0 aliphatic rings. The van der Waals surface area contributed by atoms with Gasteiger partial charge in [-0.1, -0.05) is 6.07 Å². The monoisotopic (exact) mass is 388 g/mol. The summed E-state index contributed by atoms with van der Waals surface area (Å²) < 4.78 is 41.7. The summed E-state index contributed by atoms with van der Waals surface area (Å²) >= 11 is 0. The van der Waals surface area contributed by atoms with Gasteiger partial charge in [-0.3, -0.25) is 9.59 Å². The van der Waals surface area contributed by atoms with Crippen molar-refractivity contribution in [1.82, 2.24) is 9.55 Å². The summed E-state index contributed by atoms with van der Waals surface area (Å²) in [5.41, 5.74) is -0.00995. The molecule has 9 heteroatoms. The summed E-state index contributed by atoms with van der Waals surface area (Å²) in [6.07, 6.45) is 5.13. The molecular formula is C19H15F3N4O2. The zero-order chi connectivity index (χ0) is 20.1. The number of rotatable bonds is 6. The van der Waals surface area contributed by atoms with Gasteiger partial charge in [-0.05, 0) is 30.3 Å². The molecule has 0 atom stereocenters. The Morgan fingerprint density at radius 3 is 2.61 bits per heavy atom. The van der Waals surface area contributed by atoms with Gasteiger partial charge in [-0.15, -0.1) is 0 Å². The molecule has 3 aromatic rings. The predicted octanol–water partition coefficient (Wildman–Crippen LogP) is 3.58. The Bertz CT molecular complexity index is 1010. The van der Waals surface area contributed by atoms with E-state index in [1.165, 1.54) is 18.2 Å². The Morgan fingerprint density at radius 1 is 1.04 bits per heavy atom. The van der Waals surface area contributed by atoms with E-state index in [-0.39, 0.29) is 17.9 Å². The minimum Gasteiger partial charge on any atom is -0.337 e. The second-order valence-electron chi connectivity index (χ2n) is 5.86. The Hall–Kier alpha value is -3.62. The van der Waals surface area contributed by atoms with Gasteiger partial charge >= 0.3 is 0 Å². The lowest BCUT2D eigenvalue weighted by Crippen LogP contribution is -2.16. The number of nitrogens with zero attached hydrogens (tertiary/aromatic N) is 2. The maximum Gasteiger partial charge on any atom is 0.255 e. The van der Waals surface area contributed by atoms with E-state index in [2.05, 4.69) is 15.6 Å². The van der Waals surface area contributed by atoms with Gasteiger partial charge in [0.05, 0.1) is 12.0 Å². The van der Waals surface area contributed by atoms with Crippen LogP contribution >= 0.6 is 0 Å². The van der Waals surface area contributed by atoms with Crippen LogP contribution in [0.4, 0.5) is 24.5 Å². The first-order chi connectivity index (χ1) is 13.4. The van der Waals surface area contributed by atoms with Gasteiger partial charge in [-0.25, -0.2) is 18.2 Å². The minimum absolute atomic E-state index is 0.108. The van der Waals surface area contributed by atoms with E-state index >= 15 is 0 Å². The molecule has 28 heavy (non-hydrogen) atoms. The highest BCUT2D eigenvalue weighted by Gasteiger charge is 2.16. The first kappa shape index (κ1) is 19.2. The highest BCUT2D eigenvalue weighted by Crippen LogP contribution is 2.21. The third-order valence-electron chi connectivity index (χ3n) is 3.85. The molecule has 144 valence electrons. The number of nitrogens with one attached hydrogen (secondary N) is 2. The SMILES string of the molecule is O=C(CCn1ccnc1)Nc1cccc(C(=O)Nc2ccc(F)c(F)c2F)c1. The van der Waals surface area contributed by atoms with Crippen molar-refractivity contribution in [2.45, 2.75) is 13.0 Å². The molecule has 0 aliphatic carbocycles. The van der Waals surface area contributed by atoms with Gasteiger partial charge in [-0.2, -0.15) is 0 Å². The molecule has 6 nitrogen and oxygen atoms in total. The number of amides is 2. The Kier molecular flexibility index (Phi) is 5.73. The minimum atomic E-state index is -1.67. The first-order valence-electron chi connectivity index (χ1n) is 8.24. The van der Waals surface area contributed by atoms with Crippen molar-refractivity contribution >= 4 is 23.2 Å². The van der Waals surface area contributed by atoms with E-state index in [9.17, 15) is 22.8 Å². The molecule has 3 rings (SSSR count). The molecule has 1 aromatic heterocycles. The molecule has 0 radical (unpaired) electrons. The first-order valence-corrected chi connectivity index (χ1v) is 8.24.